The number of carbonyl (C=O) groups excluding carboxylic acids is 1. The van der Waals surface area contributed by atoms with E-state index in [2.05, 4.69) is 5.32 Å². The van der Waals surface area contributed by atoms with Crippen molar-refractivity contribution in [2.45, 2.75) is 11.4 Å². The number of rotatable bonds is 4. The molecule has 2 aromatic carbocycles. The van der Waals surface area contributed by atoms with Gasteiger partial charge in [-0.15, -0.1) is 0 Å². The first-order valence-electron chi connectivity index (χ1n) is 6.99. The van der Waals surface area contributed by atoms with Crippen LogP contribution in [0.25, 0.3) is 11.0 Å². The van der Waals surface area contributed by atoms with E-state index in [0.29, 0.717) is 12.1 Å². The van der Waals surface area contributed by atoms with Crippen molar-refractivity contribution < 1.29 is 17.6 Å². The first kappa shape index (κ1) is 15.3. The van der Waals surface area contributed by atoms with Crippen molar-refractivity contribution in [2.24, 2.45) is 0 Å². The molecule has 3 aromatic rings. The molecule has 0 saturated heterocycles. The molecule has 3 rings (SSSR count). The van der Waals surface area contributed by atoms with Gasteiger partial charge in [0.2, 0.25) is 0 Å². The molecule has 5 nitrogen and oxygen atoms in total. The molecule has 0 aliphatic rings. The molecule has 0 aliphatic heterocycles. The lowest BCUT2D eigenvalue weighted by Crippen LogP contribution is -2.22. The largest absolute Gasteiger partial charge is 0.451 e. The molecule has 0 unspecified atom stereocenters. The van der Waals surface area contributed by atoms with Crippen molar-refractivity contribution in [3.63, 3.8) is 0 Å². The first-order chi connectivity index (χ1) is 10.9. The minimum atomic E-state index is -3.21. The van der Waals surface area contributed by atoms with Gasteiger partial charge >= 0.3 is 0 Å². The zero-order valence-electron chi connectivity index (χ0n) is 12.4. The Morgan fingerprint density at radius 2 is 1.78 bits per heavy atom. The number of furan rings is 1. The van der Waals surface area contributed by atoms with Crippen LogP contribution in [0.3, 0.4) is 0 Å². The van der Waals surface area contributed by atoms with E-state index in [1.807, 2.05) is 18.2 Å². The third-order valence-electron chi connectivity index (χ3n) is 3.45. The first-order valence-corrected chi connectivity index (χ1v) is 8.88. The van der Waals surface area contributed by atoms with E-state index in [0.717, 1.165) is 17.2 Å². The summed E-state index contributed by atoms with van der Waals surface area (Å²) in [6.45, 7) is 0.292. The lowest BCUT2D eigenvalue weighted by Gasteiger charge is -2.04. The van der Waals surface area contributed by atoms with E-state index in [9.17, 15) is 13.2 Å². The minimum absolute atomic E-state index is 0.249. The summed E-state index contributed by atoms with van der Waals surface area (Å²) in [7, 11) is -3.21. The van der Waals surface area contributed by atoms with Crippen LogP contribution in [0.5, 0.6) is 0 Å². The second kappa shape index (κ2) is 5.89. The van der Waals surface area contributed by atoms with Crippen LogP contribution in [-0.4, -0.2) is 20.6 Å². The van der Waals surface area contributed by atoms with E-state index in [1.165, 1.54) is 12.1 Å². The number of carbonyl (C=O) groups is 1. The molecule has 0 spiro atoms. The molecule has 6 heteroatoms. The quantitative estimate of drug-likeness (QED) is 0.798. The highest BCUT2D eigenvalue weighted by molar-refractivity contribution is 7.90. The highest BCUT2D eigenvalue weighted by Crippen LogP contribution is 2.18. The summed E-state index contributed by atoms with van der Waals surface area (Å²) in [6.07, 6.45) is 1.16. The molecule has 0 saturated carbocycles. The average Bonchev–Trinajstić information content (AvgIpc) is 2.96. The summed E-state index contributed by atoms with van der Waals surface area (Å²) in [5.74, 6) is -0.0626. The molecule has 23 heavy (non-hydrogen) atoms. The maximum atomic E-state index is 12.1. The van der Waals surface area contributed by atoms with Crippen LogP contribution in [0.2, 0.25) is 0 Å². The summed E-state index contributed by atoms with van der Waals surface area (Å²) in [5, 5.41) is 3.62. The number of amides is 1. The third kappa shape index (κ3) is 3.43. The number of hydrogen-bond donors (Lipinski definition) is 1. The Morgan fingerprint density at radius 3 is 2.43 bits per heavy atom. The summed E-state index contributed by atoms with van der Waals surface area (Å²) in [5.41, 5.74) is 1.47. The predicted octanol–water partition coefficient (Wildman–Crippen LogP) is 2.77. The van der Waals surface area contributed by atoms with Crippen LogP contribution in [0.4, 0.5) is 0 Å². The molecular formula is C17H15NO4S. The average molecular weight is 329 g/mol. The molecule has 0 bridgehead atoms. The van der Waals surface area contributed by atoms with Crippen LogP contribution in [0, 0.1) is 0 Å². The Balaban J connectivity index is 1.69. The Bertz CT molecular complexity index is 923. The van der Waals surface area contributed by atoms with Crippen molar-refractivity contribution >= 4 is 26.7 Å². The van der Waals surface area contributed by atoms with E-state index in [-0.39, 0.29) is 16.6 Å². The van der Waals surface area contributed by atoms with Gasteiger partial charge in [0, 0.05) is 18.2 Å². The van der Waals surface area contributed by atoms with Crippen molar-refractivity contribution in [3.8, 4) is 0 Å². The monoisotopic (exact) mass is 329 g/mol. The van der Waals surface area contributed by atoms with E-state index < -0.39 is 9.84 Å². The molecular weight excluding hydrogens is 314 g/mol. The van der Waals surface area contributed by atoms with Gasteiger partial charge in [0.05, 0.1) is 4.90 Å². The van der Waals surface area contributed by atoms with Gasteiger partial charge < -0.3 is 9.73 Å². The molecule has 0 radical (unpaired) electrons. The molecule has 0 fully saturated rings. The Morgan fingerprint density at radius 1 is 1.09 bits per heavy atom. The normalized spacial score (nSPS) is 11.5. The molecule has 1 amide bonds. The Kier molecular flexibility index (Phi) is 3.92. The summed E-state index contributed by atoms with van der Waals surface area (Å²) in [4.78, 5) is 12.4. The second-order valence-corrected chi connectivity index (χ2v) is 7.26. The molecule has 118 valence electrons. The van der Waals surface area contributed by atoms with Crippen molar-refractivity contribution in [3.05, 3.63) is 65.9 Å². The maximum absolute atomic E-state index is 12.1. The topological polar surface area (TPSA) is 76.4 Å². The van der Waals surface area contributed by atoms with Gasteiger partial charge in [-0.1, -0.05) is 30.3 Å². The van der Waals surface area contributed by atoms with Crippen LogP contribution >= 0.6 is 0 Å². The number of nitrogens with one attached hydrogen (secondary N) is 1. The van der Waals surface area contributed by atoms with Gasteiger partial charge in [-0.3, -0.25) is 4.79 Å². The van der Waals surface area contributed by atoms with Crippen LogP contribution < -0.4 is 5.32 Å². The number of para-hydroxylation sites is 1. The van der Waals surface area contributed by atoms with Crippen molar-refractivity contribution in [1.29, 1.82) is 0 Å². The molecule has 0 atom stereocenters. The Hall–Kier alpha value is -2.60. The SMILES string of the molecule is CS(=O)(=O)c1ccc(CNC(=O)c2cc3ccccc3o2)cc1. The lowest BCUT2D eigenvalue weighted by molar-refractivity contribution is 0.0925. The van der Waals surface area contributed by atoms with E-state index in [4.69, 9.17) is 4.42 Å². The molecule has 1 aromatic heterocycles. The van der Waals surface area contributed by atoms with Gasteiger partial charge in [-0.25, -0.2) is 8.42 Å². The number of fused-ring (bicyclic) bond motifs is 1. The van der Waals surface area contributed by atoms with Crippen molar-refractivity contribution in [2.75, 3.05) is 6.26 Å². The summed E-state index contributed by atoms with van der Waals surface area (Å²) in [6, 6.07) is 15.5. The fourth-order valence-electron chi connectivity index (χ4n) is 2.22. The summed E-state index contributed by atoms with van der Waals surface area (Å²) >= 11 is 0. The van der Waals surface area contributed by atoms with E-state index in [1.54, 1.807) is 24.3 Å². The fraction of sp³-hybridized carbons (Fsp3) is 0.118. The van der Waals surface area contributed by atoms with Gasteiger partial charge in [0.15, 0.2) is 15.6 Å². The zero-order valence-corrected chi connectivity index (χ0v) is 13.3. The predicted molar refractivity (Wildman–Crippen MR) is 86.9 cm³/mol. The third-order valence-corrected chi connectivity index (χ3v) is 4.58. The smallest absolute Gasteiger partial charge is 0.287 e. The standard InChI is InChI=1S/C17H15NO4S/c1-23(20,21)14-8-6-12(7-9-14)11-18-17(19)16-10-13-4-2-3-5-15(13)22-16/h2-10H,11H2,1H3,(H,18,19). The Labute approximate surface area is 133 Å². The second-order valence-electron chi connectivity index (χ2n) is 5.25. The number of hydrogen-bond acceptors (Lipinski definition) is 4. The molecule has 1 N–H and O–H groups in total. The van der Waals surface area contributed by atoms with Gasteiger partial charge in [-0.05, 0) is 29.8 Å². The lowest BCUT2D eigenvalue weighted by atomic mass is 10.2. The van der Waals surface area contributed by atoms with Crippen LogP contribution in [0.1, 0.15) is 16.1 Å². The fourth-order valence-corrected chi connectivity index (χ4v) is 2.85. The van der Waals surface area contributed by atoms with Gasteiger partial charge in [0.1, 0.15) is 5.58 Å². The van der Waals surface area contributed by atoms with Gasteiger partial charge in [-0.2, -0.15) is 0 Å². The maximum Gasteiger partial charge on any atom is 0.287 e. The zero-order chi connectivity index (χ0) is 16.4. The van der Waals surface area contributed by atoms with E-state index >= 15 is 0 Å². The van der Waals surface area contributed by atoms with Gasteiger partial charge in [0.25, 0.3) is 5.91 Å². The van der Waals surface area contributed by atoms with Crippen LogP contribution in [-0.2, 0) is 16.4 Å². The highest BCUT2D eigenvalue weighted by atomic mass is 32.2. The molecule has 0 aliphatic carbocycles. The number of sulfone groups is 1. The summed E-state index contributed by atoms with van der Waals surface area (Å²) < 4.78 is 28.3. The van der Waals surface area contributed by atoms with Crippen LogP contribution in [0.15, 0.2) is 63.9 Å². The minimum Gasteiger partial charge on any atom is -0.451 e. The van der Waals surface area contributed by atoms with Crippen molar-refractivity contribution in [1.82, 2.24) is 5.32 Å². The number of benzene rings is 2. The molecule has 1 heterocycles. The highest BCUT2D eigenvalue weighted by Gasteiger charge is 2.12.